The van der Waals surface area contributed by atoms with Crippen molar-refractivity contribution < 1.29 is 8.42 Å². The van der Waals surface area contributed by atoms with E-state index in [0.717, 1.165) is 44.6 Å². The number of hydrogen-bond donors (Lipinski definition) is 2. The quantitative estimate of drug-likeness (QED) is 0.407. The number of nitrogens with zero attached hydrogens (tertiary/aromatic N) is 1. The van der Waals surface area contributed by atoms with Gasteiger partial charge in [-0.3, -0.25) is 0 Å². The molecule has 5 aromatic rings. The lowest BCUT2D eigenvalue weighted by Gasteiger charge is -2.04. The first kappa shape index (κ1) is 18.0. The summed E-state index contributed by atoms with van der Waals surface area (Å²) in [5.74, 6) is 0.724. The van der Waals surface area contributed by atoms with Crippen LogP contribution in [0.4, 0.5) is 0 Å². The summed E-state index contributed by atoms with van der Waals surface area (Å²) < 4.78 is 23.6. The minimum Gasteiger partial charge on any atom is -0.354 e. The summed E-state index contributed by atoms with van der Waals surface area (Å²) in [7, 11) is -3.25. The molecule has 5 nitrogen and oxygen atoms in total. The van der Waals surface area contributed by atoms with E-state index < -0.39 is 9.84 Å². The van der Waals surface area contributed by atoms with Crippen molar-refractivity contribution >= 4 is 43.4 Å². The smallest absolute Gasteiger partial charge is 0.175 e. The van der Waals surface area contributed by atoms with Crippen LogP contribution in [0.25, 0.3) is 44.6 Å². The fourth-order valence-electron chi connectivity index (χ4n) is 3.57. The van der Waals surface area contributed by atoms with Crippen LogP contribution >= 0.6 is 11.6 Å². The molecule has 144 valence electrons. The van der Waals surface area contributed by atoms with E-state index in [2.05, 4.69) is 9.97 Å². The molecule has 0 unspecified atom stereocenters. The number of sulfone groups is 1. The Kier molecular flexibility index (Phi) is 4.01. The van der Waals surface area contributed by atoms with Crippen molar-refractivity contribution in [3.63, 3.8) is 0 Å². The minimum atomic E-state index is -3.25. The highest BCUT2D eigenvalue weighted by molar-refractivity contribution is 7.90. The lowest BCUT2D eigenvalue weighted by molar-refractivity contribution is 0.602. The molecular formula is C22H16ClN3O2S. The zero-order chi connectivity index (χ0) is 20.2. The highest BCUT2D eigenvalue weighted by Crippen LogP contribution is 2.38. The SMILES string of the molecule is CS(=O)(=O)c1ccc(-c2[nH]c3ccccc3c2-c2nc3ccc(Cl)cc3[nH]2)cc1. The van der Waals surface area contributed by atoms with Gasteiger partial charge in [-0.15, -0.1) is 0 Å². The third-order valence-corrected chi connectivity index (χ3v) is 6.32. The number of aromatic amines is 2. The molecule has 0 amide bonds. The summed E-state index contributed by atoms with van der Waals surface area (Å²) in [5.41, 5.74) is 5.34. The maximum atomic E-state index is 11.8. The first-order chi connectivity index (χ1) is 13.9. The molecule has 2 N–H and O–H groups in total. The summed E-state index contributed by atoms with van der Waals surface area (Å²) in [6.45, 7) is 0. The molecule has 0 spiro atoms. The van der Waals surface area contributed by atoms with E-state index in [1.165, 1.54) is 6.26 Å². The van der Waals surface area contributed by atoms with Crippen LogP contribution in [-0.2, 0) is 9.84 Å². The van der Waals surface area contributed by atoms with Gasteiger partial charge >= 0.3 is 0 Å². The number of imidazole rings is 1. The minimum absolute atomic E-state index is 0.289. The molecular weight excluding hydrogens is 406 g/mol. The van der Waals surface area contributed by atoms with E-state index in [9.17, 15) is 8.42 Å². The van der Waals surface area contributed by atoms with Gasteiger partial charge in [-0.05, 0) is 42.0 Å². The Morgan fingerprint density at radius 3 is 2.41 bits per heavy atom. The highest BCUT2D eigenvalue weighted by atomic mass is 35.5. The average Bonchev–Trinajstić information content (AvgIpc) is 3.27. The van der Waals surface area contributed by atoms with Crippen LogP contribution in [0.5, 0.6) is 0 Å². The summed E-state index contributed by atoms with van der Waals surface area (Å²) in [6.07, 6.45) is 1.20. The van der Waals surface area contributed by atoms with Gasteiger partial charge in [0, 0.05) is 22.2 Å². The number of benzene rings is 3. The van der Waals surface area contributed by atoms with Crippen molar-refractivity contribution in [3.05, 3.63) is 71.8 Å². The third kappa shape index (κ3) is 3.10. The van der Waals surface area contributed by atoms with Crippen LogP contribution in [0.2, 0.25) is 5.02 Å². The van der Waals surface area contributed by atoms with Crippen molar-refractivity contribution in [1.29, 1.82) is 0 Å². The van der Waals surface area contributed by atoms with Crippen LogP contribution in [-0.4, -0.2) is 29.6 Å². The number of H-pyrrole nitrogens is 2. The molecule has 0 atom stereocenters. The summed E-state index contributed by atoms with van der Waals surface area (Å²) in [5, 5.41) is 1.67. The number of halogens is 1. The van der Waals surface area contributed by atoms with Crippen LogP contribution in [0.1, 0.15) is 0 Å². The van der Waals surface area contributed by atoms with Gasteiger partial charge in [0.05, 0.1) is 27.2 Å². The average molecular weight is 422 g/mol. The van der Waals surface area contributed by atoms with Gasteiger partial charge in [-0.1, -0.05) is 41.9 Å². The molecule has 0 radical (unpaired) electrons. The van der Waals surface area contributed by atoms with Gasteiger partial charge in [0.15, 0.2) is 9.84 Å². The van der Waals surface area contributed by atoms with Gasteiger partial charge in [-0.2, -0.15) is 0 Å². The molecule has 2 aromatic heterocycles. The predicted octanol–water partition coefficient (Wildman–Crippen LogP) is 5.44. The van der Waals surface area contributed by atoms with Crippen LogP contribution in [0, 0.1) is 0 Å². The molecule has 7 heteroatoms. The van der Waals surface area contributed by atoms with Crippen LogP contribution in [0.3, 0.4) is 0 Å². The zero-order valence-corrected chi connectivity index (χ0v) is 17.0. The molecule has 0 aliphatic carbocycles. The molecule has 0 fully saturated rings. The van der Waals surface area contributed by atoms with Crippen molar-refractivity contribution in [2.75, 3.05) is 6.26 Å². The van der Waals surface area contributed by atoms with E-state index >= 15 is 0 Å². The number of nitrogens with one attached hydrogen (secondary N) is 2. The second-order valence-electron chi connectivity index (χ2n) is 6.96. The monoisotopic (exact) mass is 421 g/mol. The fourth-order valence-corrected chi connectivity index (χ4v) is 4.38. The van der Waals surface area contributed by atoms with Gasteiger partial charge < -0.3 is 9.97 Å². The lowest BCUT2D eigenvalue weighted by Crippen LogP contribution is -1.96. The first-order valence-corrected chi connectivity index (χ1v) is 11.2. The Morgan fingerprint density at radius 1 is 0.897 bits per heavy atom. The van der Waals surface area contributed by atoms with Gasteiger partial charge in [0.2, 0.25) is 0 Å². The lowest BCUT2D eigenvalue weighted by atomic mass is 10.0. The second-order valence-corrected chi connectivity index (χ2v) is 9.42. The molecule has 29 heavy (non-hydrogen) atoms. The van der Waals surface area contributed by atoms with Crippen molar-refractivity contribution in [3.8, 4) is 22.6 Å². The Hall–Kier alpha value is -3.09. The van der Waals surface area contributed by atoms with Gasteiger partial charge in [0.1, 0.15) is 5.82 Å². The van der Waals surface area contributed by atoms with Crippen molar-refractivity contribution in [2.24, 2.45) is 0 Å². The summed E-state index contributed by atoms with van der Waals surface area (Å²) in [6, 6.07) is 20.4. The van der Waals surface area contributed by atoms with E-state index in [-0.39, 0.29) is 4.90 Å². The Labute approximate surface area is 172 Å². The Morgan fingerprint density at radius 2 is 1.66 bits per heavy atom. The summed E-state index contributed by atoms with van der Waals surface area (Å²) in [4.78, 5) is 11.9. The van der Waals surface area contributed by atoms with Crippen molar-refractivity contribution in [2.45, 2.75) is 4.90 Å². The standard InChI is InChI=1S/C22H16ClN3O2S/c1-29(27,28)15-9-6-13(7-10-15)21-20(16-4-2-3-5-17(16)24-21)22-25-18-11-8-14(23)12-19(18)26-22/h2-12,24H,1H3,(H,25,26). The highest BCUT2D eigenvalue weighted by Gasteiger charge is 2.18. The van der Waals surface area contributed by atoms with Gasteiger partial charge in [0.25, 0.3) is 0 Å². The topological polar surface area (TPSA) is 78.6 Å². The van der Waals surface area contributed by atoms with Crippen molar-refractivity contribution in [1.82, 2.24) is 15.0 Å². The number of aromatic nitrogens is 3. The molecule has 0 aliphatic heterocycles. The second kappa shape index (κ2) is 6.47. The van der Waals surface area contributed by atoms with E-state index in [1.54, 1.807) is 12.1 Å². The molecule has 0 saturated heterocycles. The molecule has 5 rings (SSSR count). The largest absolute Gasteiger partial charge is 0.354 e. The number of hydrogen-bond acceptors (Lipinski definition) is 3. The maximum absolute atomic E-state index is 11.8. The molecule has 2 heterocycles. The first-order valence-electron chi connectivity index (χ1n) is 8.97. The van der Waals surface area contributed by atoms with E-state index in [1.807, 2.05) is 54.6 Å². The molecule has 0 aliphatic rings. The fraction of sp³-hybridized carbons (Fsp3) is 0.0455. The Balaban J connectivity index is 1.76. The molecule has 0 bridgehead atoms. The third-order valence-electron chi connectivity index (χ3n) is 4.96. The maximum Gasteiger partial charge on any atom is 0.175 e. The zero-order valence-electron chi connectivity index (χ0n) is 15.4. The van der Waals surface area contributed by atoms with E-state index in [4.69, 9.17) is 16.6 Å². The van der Waals surface area contributed by atoms with Gasteiger partial charge in [-0.25, -0.2) is 13.4 Å². The summed E-state index contributed by atoms with van der Waals surface area (Å²) >= 11 is 6.12. The van der Waals surface area contributed by atoms with E-state index in [0.29, 0.717) is 5.02 Å². The Bertz CT molecular complexity index is 1480. The van der Waals surface area contributed by atoms with Crippen LogP contribution in [0.15, 0.2) is 71.6 Å². The molecule has 3 aromatic carbocycles. The number of rotatable bonds is 3. The predicted molar refractivity (Wildman–Crippen MR) is 117 cm³/mol. The van der Waals surface area contributed by atoms with Crippen LogP contribution < -0.4 is 0 Å². The number of fused-ring (bicyclic) bond motifs is 2. The normalized spacial score (nSPS) is 12.1. The number of para-hydroxylation sites is 1. The molecule has 0 saturated carbocycles.